The number of aromatic amines is 1. The van der Waals surface area contributed by atoms with E-state index in [1.807, 2.05) is 4.90 Å². The quantitative estimate of drug-likeness (QED) is 0.819. The molecule has 8 nitrogen and oxygen atoms in total. The molecule has 8 heteroatoms. The molecule has 2 aliphatic heterocycles. The number of carbonyl (C=O) groups is 2. The zero-order valence-electron chi connectivity index (χ0n) is 17.5. The number of amides is 2. The number of aromatic nitrogens is 3. The Morgan fingerprint density at radius 1 is 1.10 bits per heavy atom. The Kier molecular flexibility index (Phi) is 5.29. The van der Waals surface area contributed by atoms with Crippen molar-refractivity contribution in [3.63, 3.8) is 0 Å². The Bertz CT molecular complexity index is 1050. The van der Waals surface area contributed by atoms with Gasteiger partial charge < -0.3 is 14.8 Å². The molecule has 0 aromatic carbocycles. The summed E-state index contributed by atoms with van der Waals surface area (Å²) in [7, 11) is 0. The van der Waals surface area contributed by atoms with Crippen molar-refractivity contribution < 1.29 is 9.59 Å². The van der Waals surface area contributed by atoms with Gasteiger partial charge in [-0.15, -0.1) is 0 Å². The predicted octanol–water partition coefficient (Wildman–Crippen LogP) is 2.22. The van der Waals surface area contributed by atoms with Gasteiger partial charge in [0.2, 0.25) is 5.91 Å². The lowest BCUT2D eigenvalue weighted by Crippen LogP contribution is -2.45. The van der Waals surface area contributed by atoms with Gasteiger partial charge in [-0.3, -0.25) is 19.4 Å². The van der Waals surface area contributed by atoms with Crippen LogP contribution in [0.3, 0.4) is 0 Å². The van der Waals surface area contributed by atoms with Gasteiger partial charge in [0.15, 0.2) is 0 Å². The van der Waals surface area contributed by atoms with Gasteiger partial charge in [0, 0.05) is 37.0 Å². The third-order valence-electron chi connectivity index (χ3n) is 6.84. The van der Waals surface area contributed by atoms with E-state index >= 15 is 0 Å². The lowest BCUT2D eigenvalue weighted by Gasteiger charge is -2.39. The second-order valence-electron chi connectivity index (χ2n) is 8.77. The van der Waals surface area contributed by atoms with Crippen LogP contribution in [0.25, 0.3) is 0 Å². The van der Waals surface area contributed by atoms with E-state index in [-0.39, 0.29) is 29.3 Å². The Hall–Kier alpha value is -3.03. The first-order valence-electron chi connectivity index (χ1n) is 11.2. The summed E-state index contributed by atoms with van der Waals surface area (Å²) in [6.45, 7) is 1.48. The van der Waals surface area contributed by atoms with E-state index in [1.54, 1.807) is 29.4 Å². The largest absolute Gasteiger partial charge is 0.332 e. The van der Waals surface area contributed by atoms with Crippen LogP contribution in [0.4, 0.5) is 0 Å². The molecular formula is C23H27N5O3. The number of carbonyl (C=O) groups excluding carboxylic acids is 2. The van der Waals surface area contributed by atoms with Crippen LogP contribution in [0.1, 0.15) is 72.0 Å². The van der Waals surface area contributed by atoms with Crippen LogP contribution in [-0.4, -0.2) is 49.7 Å². The fourth-order valence-electron chi connectivity index (χ4n) is 4.83. The van der Waals surface area contributed by atoms with Gasteiger partial charge in [0.25, 0.3) is 11.5 Å². The topological polar surface area (TPSA) is 99.3 Å². The van der Waals surface area contributed by atoms with E-state index in [0.29, 0.717) is 48.7 Å². The molecule has 0 spiro atoms. The summed E-state index contributed by atoms with van der Waals surface area (Å²) in [6, 6.07) is 3.29. The Labute approximate surface area is 180 Å². The molecule has 4 heterocycles. The van der Waals surface area contributed by atoms with Crippen molar-refractivity contribution in [2.24, 2.45) is 5.92 Å². The molecule has 2 amide bonds. The maximum absolute atomic E-state index is 13.0. The Morgan fingerprint density at radius 3 is 2.71 bits per heavy atom. The van der Waals surface area contributed by atoms with Gasteiger partial charge in [0.1, 0.15) is 5.82 Å². The molecule has 1 saturated heterocycles. The highest BCUT2D eigenvalue weighted by Crippen LogP contribution is 2.35. The van der Waals surface area contributed by atoms with Crippen LogP contribution >= 0.6 is 0 Å². The van der Waals surface area contributed by atoms with Crippen LogP contribution in [0.5, 0.6) is 0 Å². The fraction of sp³-hybridized carbons (Fsp3) is 0.522. The summed E-state index contributed by atoms with van der Waals surface area (Å²) in [5, 5.41) is 0. The van der Waals surface area contributed by atoms with E-state index in [2.05, 4.69) is 9.97 Å². The van der Waals surface area contributed by atoms with Crippen molar-refractivity contribution in [3.8, 4) is 0 Å². The minimum Gasteiger partial charge on any atom is -0.332 e. The summed E-state index contributed by atoms with van der Waals surface area (Å²) in [5.41, 5.74) is 1.67. The molecule has 1 aliphatic carbocycles. The average Bonchev–Trinajstić information content (AvgIpc) is 2.77. The van der Waals surface area contributed by atoms with E-state index in [0.717, 1.165) is 38.5 Å². The van der Waals surface area contributed by atoms with E-state index in [1.165, 1.54) is 0 Å². The zero-order valence-corrected chi connectivity index (χ0v) is 17.5. The first-order valence-corrected chi connectivity index (χ1v) is 11.2. The second kappa shape index (κ2) is 8.24. The van der Waals surface area contributed by atoms with Crippen LogP contribution < -0.4 is 5.56 Å². The van der Waals surface area contributed by atoms with Crippen LogP contribution in [0.15, 0.2) is 29.3 Å². The number of H-pyrrole nitrogens is 1. The van der Waals surface area contributed by atoms with E-state index < -0.39 is 0 Å². The minimum atomic E-state index is -0.191. The van der Waals surface area contributed by atoms with Gasteiger partial charge in [0.05, 0.1) is 23.8 Å². The van der Waals surface area contributed by atoms with Gasteiger partial charge in [-0.25, -0.2) is 4.98 Å². The summed E-state index contributed by atoms with van der Waals surface area (Å²) in [6.07, 6.45) is 9.49. The molecule has 5 rings (SSSR count). The average molecular weight is 422 g/mol. The number of nitrogens with zero attached hydrogens (tertiary/aromatic N) is 4. The summed E-state index contributed by atoms with van der Waals surface area (Å²) in [5.74, 6) is 0.774. The first-order chi connectivity index (χ1) is 15.1. The SMILES string of the molecule is O=C(c1cccnc1)N1CCc2c(nc(C3CCCCN3C(=O)C3CCC3)[nH]c2=O)C1. The Morgan fingerprint density at radius 2 is 1.97 bits per heavy atom. The number of likely N-dealkylation sites (tertiary alicyclic amines) is 1. The standard InChI is InChI=1S/C23H27N5O3/c29-21-17-9-12-27(22(30)16-7-4-10-24-13-16)14-18(17)25-20(26-21)19-8-1-2-11-28(19)23(31)15-5-3-6-15/h4,7,10,13,15,19H,1-3,5-6,8-9,11-12,14H2,(H,25,26,29). The predicted molar refractivity (Wildman–Crippen MR) is 113 cm³/mol. The maximum Gasteiger partial charge on any atom is 0.255 e. The monoisotopic (exact) mass is 421 g/mol. The van der Waals surface area contributed by atoms with Crippen molar-refractivity contribution in [3.05, 3.63) is 57.5 Å². The normalized spacial score (nSPS) is 21.4. The van der Waals surface area contributed by atoms with Crippen LogP contribution in [0.2, 0.25) is 0 Å². The van der Waals surface area contributed by atoms with Crippen molar-refractivity contribution in [2.75, 3.05) is 13.1 Å². The number of hydrogen-bond acceptors (Lipinski definition) is 5. The molecule has 0 bridgehead atoms. The maximum atomic E-state index is 13.0. The van der Waals surface area contributed by atoms with Crippen molar-refractivity contribution in [1.82, 2.24) is 24.8 Å². The van der Waals surface area contributed by atoms with Crippen LogP contribution in [0, 0.1) is 5.92 Å². The fourth-order valence-corrected chi connectivity index (χ4v) is 4.83. The summed E-state index contributed by atoms with van der Waals surface area (Å²) >= 11 is 0. The number of hydrogen-bond donors (Lipinski definition) is 1. The van der Waals surface area contributed by atoms with Crippen LogP contribution in [-0.2, 0) is 17.8 Å². The number of pyridine rings is 1. The lowest BCUT2D eigenvalue weighted by atomic mass is 9.83. The van der Waals surface area contributed by atoms with Gasteiger partial charge in [-0.05, 0) is 50.7 Å². The zero-order chi connectivity index (χ0) is 21.4. The highest BCUT2D eigenvalue weighted by molar-refractivity contribution is 5.94. The molecular weight excluding hydrogens is 394 g/mol. The van der Waals surface area contributed by atoms with Crippen molar-refractivity contribution in [2.45, 2.75) is 57.5 Å². The molecule has 2 fully saturated rings. The molecule has 1 saturated carbocycles. The molecule has 1 atom stereocenters. The van der Waals surface area contributed by atoms with E-state index in [4.69, 9.17) is 4.98 Å². The molecule has 0 radical (unpaired) electrons. The number of nitrogens with one attached hydrogen (secondary N) is 1. The minimum absolute atomic E-state index is 0.109. The smallest absolute Gasteiger partial charge is 0.255 e. The molecule has 31 heavy (non-hydrogen) atoms. The number of rotatable bonds is 3. The molecule has 162 valence electrons. The summed E-state index contributed by atoms with van der Waals surface area (Å²) in [4.78, 5) is 54.1. The van der Waals surface area contributed by atoms with Gasteiger partial charge in [-0.2, -0.15) is 0 Å². The number of piperidine rings is 1. The molecule has 1 unspecified atom stereocenters. The highest BCUT2D eigenvalue weighted by Gasteiger charge is 2.36. The molecule has 2 aromatic heterocycles. The number of fused-ring (bicyclic) bond motifs is 1. The Balaban J connectivity index is 1.42. The third kappa shape index (κ3) is 3.75. The second-order valence-corrected chi connectivity index (χ2v) is 8.77. The van der Waals surface area contributed by atoms with Gasteiger partial charge in [-0.1, -0.05) is 6.42 Å². The molecule has 3 aliphatic rings. The van der Waals surface area contributed by atoms with E-state index in [9.17, 15) is 14.4 Å². The third-order valence-corrected chi connectivity index (χ3v) is 6.84. The molecule has 1 N–H and O–H groups in total. The first kappa shape index (κ1) is 19.9. The summed E-state index contributed by atoms with van der Waals surface area (Å²) < 4.78 is 0. The lowest BCUT2D eigenvalue weighted by molar-refractivity contribution is -0.142. The highest BCUT2D eigenvalue weighted by atomic mass is 16.2. The van der Waals surface area contributed by atoms with Crippen molar-refractivity contribution in [1.29, 1.82) is 0 Å². The molecule has 2 aromatic rings. The van der Waals surface area contributed by atoms with Crippen molar-refractivity contribution >= 4 is 11.8 Å². The van der Waals surface area contributed by atoms with Gasteiger partial charge >= 0.3 is 0 Å².